The predicted molar refractivity (Wildman–Crippen MR) is 77.6 cm³/mol. The molecular formula is C16H17F3N2O. The Balaban J connectivity index is 2.37. The standard InChI is InChI=1S/C16H17F3N2O/c1-20-10-12-8-13(17)14(21-15(12)22-2)16(18,19)9-11-6-4-3-5-7-11/h3-8,20H,9-10H2,1-2H3. The van der Waals surface area contributed by atoms with E-state index in [0.717, 1.165) is 6.07 Å². The van der Waals surface area contributed by atoms with Crippen molar-refractivity contribution in [3.05, 3.63) is 59.0 Å². The van der Waals surface area contributed by atoms with Gasteiger partial charge >= 0.3 is 0 Å². The van der Waals surface area contributed by atoms with E-state index >= 15 is 0 Å². The van der Waals surface area contributed by atoms with E-state index in [-0.39, 0.29) is 12.4 Å². The van der Waals surface area contributed by atoms with Gasteiger partial charge < -0.3 is 10.1 Å². The second-order valence-corrected chi connectivity index (χ2v) is 4.88. The predicted octanol–water partition coefficient (Wildman–Crippen LogP) is 3.28. The molecule has 0 unspecified atom stereocenters. The first-order valence-electron chi connectivity index (χ1n) is 6.78. The topological polar surface area (TPSA) is 34.2 Å². The highest BCUT2D eigenvalue weighted by atomic mass is 19.3. The molecular weight excluding hydrogens is 293 g/mol. The van der Waals surface area contributed by atoms with E-state index in [1.165, 1.54) is 7.11 Å². The third-order valence-electron chi connectivity index (χ3n) is 3.19. The number of benzene rings is 1. The highest BCUT2D eigenvalue weighted by Crippen LogP contribution is 2.34. The van der Waals surface area contributed by atoms with Gasteiger partial charge in [-0.2, -0.15) is 8.78 Å². The average Bonchev–Trinajstić information content (AvgIpc) is 2.48. The minimum atomic E-state index is -3.42. The molecule has 0 fully saturated rings. The number of methoxy groups -OCH3 is 1. The number of rotatable bonds is 6. The van der Waals surface area contributed by atoms with Crippen LogP contribution in [-0.4, -0.2) is 19.1 Å². The van der Waals surface area contributed by atoms with Gasteiger partial charge in [0.1, 0.15) is 5.69 Å². The van der Waals surface area contributed by atoms with Gasteiger partial charge in [0.15, 0.2) is 5.82 Å². The molecule has 0 bridgehead atoms. The number of aromatic nitrogens is 1. The van der Waals surface area contributed by atoms with Gasteiger partial charge in [0, 0.05) is 18.5 Å². The van der Waals surface area contributed by atoms with Gasteiger partial charge in [-0.3, -0.25) is 0 Å². The van der Waals surface area contributed by atoms with Crippen LogP contribution in [0.1, 0.15) is 16.8 Å². The summed E-state index contributed by atoms with van der Waals surface area (Å²) < 4.78 is 47.8. The van der Waals surface area contributed by atoms with Gasteiger partial charge in [0.25, 0.3) is 5.92 Å². The molecule has 0 aliphatic rings. The minimum absolute atomic E-state index is 0.00140. The highest BCUT2D eigenvalue weighted by molar-refractivity contribution is 5.32. The van der Waals surface area contributed by atoms with E-state index in [4.69, 9.17) is 4.74 Å². The van der Waals surface area contributed by atoms with Crippen molar-refractivity contribution < 1.29 is 17.9 Å². The summed E-state index contributed by atoms with van der Waals surface area (Å²) in [5.41, 5.74) is -0.0956. The minimum Gasteiger partial charge on any atom is -0.481 e. The largest absolute Gasteiger partial charge is 0.481 e. The molecule has 0 spiro atoms. The second-order valence-electron chi connectivity index (χ2n) is 4.88. The zero-order chi connectivity index (χ0) is 16.2. The van der Waals surface area contributed by atoms with Crippen LogP contribution in [0.25, 0.3) is 0 Å². The lowest BCUT2D eigenvalue weighted by Gasteiger charge is -2.18. The molecule has 0 saturated heterocycles. The molecule has 0 atom stereocenters. The fourth-order valence-electron chi connectivity index (χ4n) is 2.20. The summed E-state index contributed by atoms with van der Waals surface area (Å²) in [6.07, 6.45) is -0.619. The zero-order valence-electron chi connectivity index (χ0n) is 12.4. The van der Waals surface area contributed by atoms with E-state index < -0.39 is 23.9 Å². The number of nitrogens with zero attached hydrogens (tertiary/aromatic N) is 1. The van der Waals surface area contributed by atoms with E-state index in [9.17, 15) is 13.2 Å². The number of ether oxygens (including phenoxy) is 1. The first-order valence-corrected chi connectivity index (χ1v) is 6.78. The van der Waals surface area contributed by atoms with Crippen LogP contribution in [0.5, 0.6) is 5.88 Å². The third-order valence-corrected chi connectivity index (χ3v) is 3.19. The Morgan fingerprint density at radius 1 is 1.23 bits per heavy atom. The summed E-state index contributed by atoms with van der Waals surface area (Å²) in [6, 6.07) is 9.22. The fraction of sp³-hybridized carbons (Fsp3) is 0.312. The normalized spacial score (nSPS) is 11.5. The zero-order valence-corrected chi connectivity index (χ0v) is 12.4. The van der Waals surface area contributed by atoms with Crippen molar-refractivity contribution in [3.8, 4) is 5.88 Å². The Hall–Kier alpha value is -2.08. The van der Waals surface area contributed by atoms with Crippen molar-refractivity contribution in [2.24, 2.45) is 0 Å². The van der Waals surface area contributed by atoms with E-state index in [1.54, 1.807) is 37.4 Å². The quantitative estimate of drug-likeness (QED) is 0.889. The summed E-state index contributed by atoms with van der Waals surface area (Å²) in [7, 11) is 2.98. The van der Waals surface area contributed by atoms with Crippen molar-refractivity contribution in [3.63, 3.8) is 0 Å². The van der Waals surface area contributed by atoms with E-state index in [0.29, 0.717) is 11.1 Å². The van der Waals surface area contributed by atoms with E-state index in [1.807, 2.05) is 0 Å². The Labute approximate surface area is 127 Å². The average molecular weight is 310 g/mol. The third kappa shape index (κ3) is 3.57. The highest BCUT2D eigenvalue weighted by Gasteiger charge is 2.37. The van der Waals surface area contributed by atoms with Crippen LogP contribution >= 0.6 is 0 Å². The van der Waals surface area contributed by atoms with Gasteiger partial charge in [-0.25, -0.2) is 9.37 Å². The van der Waals surface area contributed by atoms with Crippen LogP contribution in [0.15, 0.2) is 36.4 Å². The molecule has 2 rings (SSSR count). The lowest BCUT2D eigenvalue weighted by molar-refractivity contribution is -0.0126. The Kier molecular flexibility index (Phi) is 5.03. The van der Waals surface area contributed by atoms with Gasteiger partial charge in [0.2, 0.25) is 5.88 Å². The van der Waals surface area contributed by atoms with Crippen LogP contribution < -0.4 is 10.1 Å². The maximum absolute atomic E-state index is 14.4. The molecule has 0 amide bonds. The summed E-state index contributed by atoms with van der Waals surface area (Å²) in [5.74, 6) is -4.46. The number of nitrogens with one attached hydrogen (secondary N) is 1. The summed E-state index contributed by atoms with van der Waals surface area (Å²) in [5, 5.41) is 2.81. The van der Waals surface area contributed by atoms with Gasteiger partial charge in [-0.1, -0.05) is 30.3 Å². The number of hydrogen-bond donors (Lipinski definition) is 1. The van der Waals surface area contributed by atoms with Crippen molar-refractivity contribution in [2.45, 2.75) is 18.9 Å². The molecule has 2 aromatic rings. The van der Waals surface area contributed by atoms with Crippen LogP contribution in [0, 0.1) is 5.82 Å². The summed E-state index contributed by atoms with van der Waals surface area (Å²) >= 11 is 0. The molecule has 3 nitrogen and oxygen atoms in total. The molecule has 0 aliphatic carbocycles. The lowest BCUT2D eigenvalue weighted by atomic mass is 10.0. The Morgan fingerprint density at radius 2 is 1.91 bits per heavy atom. The fourth-order valence-corrected chi connectivity index (χ4v) is 2.20. The van der Waals surface area contributed by atoms with E-state index in [2.05, 4.69) is 10.3 Å². The second kappa shape index (κ2) is 6.79. The van der Waals surface area contributed by atoms with Gasteiger partial charge in [-0.15, -0.1) is 0 Å². The summed E-state index contributed by atoms with van der Waals surface area (Å²) in [6.45, 7) is 0.275. The Bertz CT molecular complexity index is 633. The van der Waals surface area contributed by atoms with Crippen LogP contribution in [0.4, 0.5) is 13.2 Å². The van der Waals surface area contributed by atoms with Gasteiger partial charge in [0.05, 0.1) is 7.11 Å². The maximum atomic E-state index is 14.4. The van der Waals surface area contributed by atoms with Crippen LogP contribution in [0.2, 0.25) is 0 Å². The Morgan fingerprint density at radius 3 is 2.50 bits per heavy atom. The monoisotopic (exact) mass is 310 g/mol. The number of hydrogen-bond acceptors (Lipinski definition) is 3. The number of pyridine rings is 1. The van der Waals surface area contributed by atoms with Crippen LogP contribution in [-0.2, 0) is 18.9 Å². The van der Waals surface area contributed by atoms with Crippen molar-refractivity contribution in [2.75, 3.05) is 14.2 Å². The van der Waals surface area contributed by atoms with Gasteiger partial charge in [-0.05, 0) is 18.7 Å². The molecule has 0 radical (unpaired) electrons. The molecule has 22 heavy (non-hydrogen) atoms. The van der Waals surface area contributed by atoms with Crippen molar-refractivity contribution >= 4 is 0 Å². The number of halogens is 3. The number of alkyl halides is 2. The first kappa shape index (κ1) is 16.3. The molecule has 1 N–H and O–H groups in total. The molecule has 6 heteroatoms. The molecule has 1 aromatic heterocycles. The molecule has 0 saturated carbocycles. The van der Waals surface area contributed by atoms with Crippen molar-refractivity contribution in [1.29, 1.82) is 0 Å². The first-order chi connectivity index (χ1) is 10.5. The SMILES string of the molecule is CNCc1cc(F)c(C(F)(F)Cc2ccccc2)nc1OC. The summed E-state index contributed by atoms with van der Waals surface area (Å²) in [4.78, 5) is 3.69. The molecule has 118 valence electrons. The molecule has 0 aliphatic heterocycles. The smallest absolute Gasteiger partial charge is 0.296 e. The van der Waals surface area contributed by atoms with Crippen molar-refractivity contribution in [1.82, 2.24) is 10.3 Å². The maximum Gasteiger partial charge on any atom is 0.296 e. The van der Waals surface area contributed by atoms with Crippen LogP contribution in [0.3, 0.4) is 0 Å². The molecule has 1 heterocycles. The molecule has 1 aromatic carbocycles. The lowest BCUT2D eigenvalue weighted by Crippen LogP contribution is -2.22.